The lowest BCUT2D eigenvalue weighted by Gasteiger charge is -1.89. The standard InChI is InChI=1S/C6H6ClN3O2/c1-9-6(7)5(4-8-9)2-3-10(11)12/h2-4H,1H3/b3-2+. The van der Waals surface area contributed by atoms with E-state index in [1.54, 1.807) is 7.05 Å². The lowest BCUT2D eigenvalue weighted by atomic mass is 10.3. The molecule has 0 saturated heterocycles. The van der Waals surface area contributed by atoms with E-state index in [1.165, 1.54) is 17.0 Å². The Hall–Kier alpha value is -1.36. The van der Waals surface area contributed by atoms with Crippen LogP contribution in [0.4, 0.5) is 0 Å². The molecule has 0 fully saturated rings. The van der Waals surface area contributed by atoms with E-state index >= 15 is 0 Å². The molecule has 0 saturated carbocycles. The van der Waals surface area contributed by atoms with Gasteiger partial charge in [-0.1, -0.05) is 11.6 Å². The summed E-state index contributed by atoms with van der Waals surface area (Å²) in [5.41, 5.74) is 0.538. The summed E-state index contributed by atoms with van der Waals surface area (Å²) in [7, 11) is 1.66. The number of aromatic nitrogens is 2. The van der Waals surface area contributed by atoms with Crippen molar-refractivity contribution in [1.29, 1.82) is 0 Å². The highest BCUT2D eigenvalue weighted by Gasteiger charge is 2.02. The number of nitro groups is 1. The first kappa shape index (κ1) is 8.73. The summed E-state index contributed by atoms with van der Waals surface area (Å²) in [5, 5.41) is 14.1. The fourth-order valence-electron chi connectivity index (χ4n) is 0.693. The van der Waals surface area contributed by atoms with Crippen molar-refractivity contribution in [2.45, 2.75) is 0 Å². The molecule has 0 unspecified atom stereocenters. The Bertz CT molecular complexity index is 332. The van der Waals surface area contributed by atoms with Crippen molar-refractivity contribution in [3.05, 3.63) is 33.2 Å². The van der Waals surface area contributed by atoms with Crippen molar-refractivity contribution >= 4 is 17.7 Å². The maximum absolute atomic E-state index is 9.94. The monoisotopic (exact) mass is 187 g/mol. The van der Waals surface area contributed by atoms with Gasteiger partial charge in [0.05, 0.1) is 11.1 Å². The smallest absolute Gasteiger partial charge is 0.235 e. The molecular weight excluding hydrogens is 182 g/mol. The Morgan fingerprint density at radius 2 is 2.50 bits per heavy atom. The minimum atomic E-state index is -0.552. The number of hydrogen-bond donors (Lipinski definition) is 0. The predicted octanol–water partition coefficient (Wildman–Crippen LogP) is 1.32. The molecule has 0 N–H and O–H groups in total. The van der Waals surface area contributed by atoms with Crippen molar-refractivity contribution in [2.24, 2.45) is 7.05 Å². The molecule has 0 amide bonds. The molecule has 0 bridgehead atoms. The molecule has 0 spiro atoms. The molecule has 0 aliphatic carbocycles. The van der Waals surface area contributed by atoms with Crippen LogP contribution in [0.3, 0.4) is 0 Å². The largest absolute Gasteiger partial charge is 0.259 e. The van der Waals surface area contributed by atoms with Gasteiger partial charge < -0.3 is 0 Å². The molecule has 0 radical (unpaired) electrons. The lowest BCUT2D eigenvalue weighted by Crippen LogP contribution is -1.88. The van der Waals surface area contributed by atoms with E-state index < -0.39 is 4.92 Å². The van der Waals surface area contributed by atoms with Crippen LogP contribution < -0.4 is 0 Å². The first-order chi connectivity index (χ1) is 5.61. The molecule has 0 aliphatic rings. The van der Waals surface area contributed by atoms with Crippen molar-refractivity contribution in [3.63, 3.8) is 0 Å². The van der Waals surface area contributed by atoms with Crippen LogP contribution in [0.2, 0.25) is 5.15 Å². The summed E-state index contributed by atoms with van der Waals surface area (Å²) in [6.45, 7) is 0. The van der Waals surface area contributed by atoms with Crippen LogP contribution in [-0.4, -0.2) is 14.7 Å². The first-order valence-electron chi connectivity index (χ1n) is 3.10. The van der Waals surface area contributed by atoms with E-state index in [4.69, 9.17) is 11.6 Å². The van der Waals surface area contributed by atoms with E-state index in [0.29, 0.717) is 10.7 Å². The Labute approximate surface area is 73.4 Å². The highest BCUT2D eigenvalue weighted by Crippen LogP contribution is 2.14. The maximum atomic E-state index is 9.94. The number of rotatable bonds is 2. The van der Waals surface area contributed by atoms with Crippen LogP contribution in [0, 0.1) is 10.1 Å². The molecule has 1 heterocycles. The van der Waals surface area contributed by atoms with Crippen LogP contribution in [0.5, 0.6) is 0 Å². The van der Waals surface area contributed by atoms with Gasteiger partial charge in [0.2, 0.25) is 6.20 Å². The summed E-state index contributed by atoms with van der Waals surface area (Å²) < 4.78 is 1.43. The molecule has 0 atom stereocenters. The molecule has 0 aliphatic heterocycles. The topological polar surface area (TPSA) is 61.0 Å². The van der Waals surface area contributed by atoms with Gasteiger partial charge in [-0.25, -0.2) is 0 Å². The third kappa shape index (κ3) is 1.82. The van der Waals surface area contributed by atoms with Gasteiger partial charge in [0, 0.05) is 18.7 Å². The van der Waals surface area contributed by atoms with E-state index in [0.717, 1.165) is 6.20 Å². The van der Waals surface area contributed by atoms with Crippen LogP contribution >= 0.6 is 11.6 Å². The SMILES string of the molecule is Cn1ncc(/C=C/[N+](=O)[O-])c1Cl. The highest BCUT2D eigenvalue weighted by molar-refractivity contribution is 6.31. The molecule has 12 heavy (non-hydrogen) atoms. The van der Waals surface area contributed by atoms with Gasteiger partial charge >= 0.3 is 0 Å². The van der Waals surface area contributed by atoms with Gasteiger partial charge in [-0.3, -0.25) is 14.8 Å². The summed E-state index contributed by atoms with van der Waals surface area (Å²) in [6.07, 6.45) is 3.58. The summed E-state index contributed by atoms with van der Waals surface area (Å²) >= 11 is 5.72. The number of aryl methyl sites for hydroxylation is 1. The Morgan fingerprint density at radius 1 is 1.83 bits per heavy atom. The molecule has 6 heteroatoms. The zero-order valence-corrected chi connectivity index (χ0v) is 7.02. The first-order valence-corrected chi connectivity index (χ1v) is 3.48. The van der Waals surface area contributed by atoms with Gasteiger partial charge in [-0.05, 0) is 0 Å². The average molecular weight is 188 g/mol. The average Bonchev–Trinajstić information content (AvgIpc) is 2.30. The molecule has 64 valence electrons. The van der Waals surface area contributed by atoms with E-state index in [9.17, 15) is 10.1 Å². The van der Waals surface area contributed by atoms with E-state index in [2.05, 4.69) is 5.10 Å². The van der Waals surface area contributed by atoms with Gasteiger partial charge in [0.15, 0.2) is 0 Å². The second-order valence-corrected chi connectivity index (χ2v) is 2.47. The Kier molecular flexibility index (Phi) is 2.44. The summed E-state index contributed by atoms with van der Waals surface area (Å²) in [5.74, 6) is 0. The normalized spacial score (nSPS) is 10.8. The summed E-state index contributed by atoms with van der Waals surface area (Å²) in [4.78, 5) is 9.39. The third-order valence-corrected chi connectivity index (χ3v) is 1.73. The number of halogens is 1. The molecule has 0 aromatic carbocycles. The zero-order valence-electron chi connectivity index (χ0n) is 6.27. The van der Waals surface area contributed by atoms with Gasteiger partial charge in [-0.2, -0.15) is 5.10 Å². The second-order valence-electron chi connectivity index (χ2n) is 2.12. The predicted molar refractivity (Wildman–Crippen MR) is 44.2 cm³/mol. The van der Waals surface area contributed by atoms with Crippen LogP contribution in [0.15, 0.2) is 12.4 Å². The van der Waals surface area contributed by atoms with Crippen molar-refractivity contribution in [3.8, 4) is 0 Å². The maximum Gasteiger partial charge on any atom is 0.235 e. The molecular formula is C6H6ClN3O2. The van der Waals surface area contributed by atoms with Crippen molar-refractivity contribution in [1.82, 2.24) is 9.78 Å². The van der Waals surface area contributed by atoms with Crippen molar-refractivity contribution < 1.29 is 4.92 Å². The molecule has 1 aromatic heterocycles. The van der Waals surface area contributed by atoms with E-state index in [1.807, 2.05) is 0 Å². The Balaban J connectivity index is 2.90. The van der Waals surface area contributed by atoms with Gasteiger partial charge in [0.25, 0.3) is 0 Å². The summed E-state index contributed by atoms with van der Waals surface area (Å²) in [6, 6.07) is 0. The van der Waals surface area contributed by atoms with Crippen LogP contribution in [-0.2, 0) is 7.05 Å². The van der Waals surface area contributed by atoms with Gasteiger partial charge in [0.1, 0.15) is 5.15 Å². The van der Waals surface area contributed by atoms with Crippen molar-refractivity contribution in [2.75, 3.05) is 0 Å². The van der Waals surface area contributed by atoms with Gasteiger partial charge in [-0.15, -0.1) is 0 Å². The second kappa shape index (κ2) is 3.36. The van der Waals surface area contributed by atoms with Crippen LogP contribution in [0.1, 0.15) is 5.56 Å². The van der Waals surface area contributed by atoms with Crippen LogP contribution in [0.25, 0.3) is 6.08 Å². The van der Waals surface area contributed by atoms with E-state index in [-0.39, 0.29) is 0 Å². The molecule has 1 aromatic rings. The fourth-order valence-corrected chi connectivity index (χ4v) is 0.848. The molecule has 1 rings (SSSR count). The zero-order chi connectivity index (χ0) is 9.14. The minimum Gasteiger partial charge on any atom is -0.259 e. The number of nitrogens with zero attached hydrogens (tertiary/aromatic N) is 3. The molecule has 5 nitrogen and oxygen atoms in total. The fraction of sp³-hybridized carbons (Fsp3) is 0.167. The lowest BCUT2D eigenvalue weighted by molar-refractivity contribution is -0.400. The minimum absolute atomic E-state index is 0.383. The Morgan fingerprint density at radius 3 is 2.92 bits per heavy atom. The third-order valence-electron chi connectivity index (χ3n) is 1.27. The quantitative estimate of drug-likeness (QED) is 0.518. The highest BCUT2D eigenvalue weighted by atomic mass is 35.5. The number of hydrogen-bond acceptors (Lipinski definition) is 3.